The predicted molar refractivity (Wildman–Crippen MR) is 92.2 cm³/mol. The Morgan fingerprint density at radius 1 is 1.27 bits per heavy atom. The van der Waals surface area contributed by atoms with Crippen LogP contribution in [0.2, 0.25) is 0 Å². The van der Waals surface area contributed by atoms with Crippen molar-refractivity contribution < 1.29 is 5.11 Å². The minimum atomic E-state index is 0.0584. The van der Waals surface area contributed by atoms with Gasteiger partial charge >= 0.3 is 0 Å². The number of aliphatic hydroxyl groups is 1. The van der Waals surface area contributed by atoms with Crippen molar-refractivity contribution >= 4 is 5.96 Å². The number of aliphatic hydroxyl groups excluding tert-OH is 1. The molecule has 0 radical (unpaired) electrons. The van der Waals surface area contributed by atoms with Crippen LogP contribution in [0.5, 0.6) is 0 Å². The van der Waals surface area contributed by atoms with Crippen LogP contribution in [0.3, 0.4) is 0 Å². The lowest BCUT2D eigenvalue weighted by Crippen LogP contribution is -2.38. The number of hydrogen-bond donors (Lipinski definition) is 3. The molecule has 22 heavy (non-hydrogen) atoms. The summed E-state index contributed by atoms with van der Waals surface area (Å²) in [6.45, 7) is 4.61. The highest BCUT2D eigenvalue weighted by molar-refractivity contribution is 5.79. The molecule has 1 fully saturated rings. The molecular formula is C18H29N3O. The fraction of sp³-hybridized carbons (Fsp3) is 0.611. The van der Waals surface area contributed by atoms with Crippen molar-refractivity contribution in [3.63, 3.8) is 0 Å². The third-order valence-corrected chi connectivity index (χ3v) is 4.08. The number of hydrogen-bond acceptors (Lipinski definition) is 2. The van der Waals surface area contributed by atoms with Gasteiger partial charge < -0.3 is 15.7 Å². The highest BCUT2D eigenvalue weighted by Crippen LogP contribution is 2.33. The Bertz CT molecular complexity index is 443. The number of nitrogens with one attached hydrogen (secondary N) is 2. The van der Waals surface area contributed by atoms with Crippen molar-refractivity contribution in [2.45, 2.75) is 38.5 Å². The first-order valence-corrected chi connectivity index (χ1v) is 8.51. The summed E-state index contributed by atoms with van der Waals surface area (Å²) in [6.07, 6.45) is 5.37. The van der Waals surface area contributed by atoms with Crippen LogP contribution in [0.25, 0.3) is 0 Å². The second-order valence-electron chi connectivity index (χ2n) is 6.02. The van der Waals surface area contributed by atoms with Crippen molar-refractivity contribution in [2.75, 3.05) is 26.2 Å². The third-order valence-electron chi connectivity index (χ3n) is 4.08. The van der Waals surface area contributed by atoms with Crippen LogP contribution in [0.15, 0.2) is 35.3 Å². The number of benzene rings is 1. The molecule has 0 heterocycles. The van der Waals surface area contributed by atoms with Crippen molar-refractivity contribution in [3.8, 4) is 0 Å². The zero-order valence-electron chi connectivity index (χ0n) is 13.6. The standard InChI is InChI=1S/C18H29N3O/c1-2-19-18(20-12-6-7-15-10-11-15)21-13-17(14-22)16-8-4-3-5-9-16/h3-5,8-9,15,17,22H,2,6-7,10-14H2,1H3,(H2,19,20,21). The highest BCUT2D eigenvalue weighted by Gasteiger charge is 2.20. The van der Waals surface area contributed by atoms with Crippen LogP contribution in [-0.4, -0.2) is 37.3 Å². The third kappa shape index (κ3) is 6.06. The predicted octanol–water partition coefficient (Wildman–Crippen LogP) is 2.51. The van der Waals surface area contributed by atoms with Gasteiger partial charge in [-0.1, -0.05) is 43.2 Å². The van der Waals surface area contributed by atoms with E-state index >= 15 is 0 Å². The Kier molecular flexibility index (Phi) is 7.23. The van der Waals surface area contributed by atoms with E-state index in [1.165, 1.54) is 25.7 Å². The molecule has 122 valence electrons. The van der Waals surface area contributed by atoms with Crippen molar-refractivity contribution in [1.82, 2.24) is 10.6 Å². The molecule has 0 amide bonds. The molecule has 1 aliphatic carbocycles. The molecule has 0 spiro atoms. The SMILES string of the molecule is CCNC(=NCC(CO)c1ccccc1)NCCCC1CC1. The number of rotatable bonds is 9. The van der Waals surface area contributed by atoms with Gasteiger partial charge in [0.05, 0.1) is 13.2 Å². The lowest BCUT2D eigenvalue weighted by Gasteiger charge is -2.15. The smallest absolute Gasteiger partial charge is 0.191 e. The Balaban J connectivity index is 1.81. The number of nitrogens with zero attached hydrogens (tertiary/aromatic N) is 1. The minimum Gasteiger partial charge on any atom is -0.396 e. The van der Waals surface area contributed by atoms with E-state index in [1.54, 1.807) is 0 Å². The van der Waals surface area contributed by atoms with Crippen LogP contribution >= 0.6 is 0 Å². The summed E-state index contributed by atoms with van der Waals surface area (Å²) in [5.74, 6) is 1.90. The summed E-state index contributed by atoms with van der Waals surface area (Å²) in [6, 6.07) is 10.1. The van der Waals surface area contributed by atoms with Gasteiger partial charge in [-0.2, -0.15) is 0 Å². The lowest BCUT2D eigenvalue weighted by atomic mass is 10.0. The molecule has 1 saturated carbocycles. The van der Waals surface area contributed by atoms with Gasteiger partial charge in [-0.3, -0.25) is 4.99 Å². The zero-order chi connectivity index (χ0) is 15.6. The summed E-state index contributed by atoms with van der Waals surface area (Å²) >= 11 is 0. The first-order valence-electron chi connectivity index (χ1n) is 8.51. The maximum absolute atomic E-state index is 9.59. The molecular weight excluding hydrogens is 274 g/mol. The summed E-state index contributed by atoms with van der Waals surface area (Å²) in [5.41, 5.74) is 1.14. The summed E-state index contributed by atoms with van der Waals surface area (Å²) in [7, 11) is 0. The first kappa shape index (κ1) is 16.8. The van der Waals surface area contributed by atoms with E-state index in [0.717, 1.165) is 30.5 Å². The molecule has 0 aliphatic heterocycles. The maximum Gasteiger partial charge on any atom is 0.191 e. The Labute approximate surface area is 134 Å². The second kappa shape index (κ2) is 9.46. The van der Waals surface area contributed by atoms with Gasteiger partial charge in [0.15, 0.2) is 5.96 Å². The van der Waals surface area contributed by atoms with Crippen molar-refractivity contribution in [1.29, 1.82) is 0 Å². The molecule has 0 aromatic heterocycles. The average molecular weight is 303 g/mol. The van der Waals surface area contributed by atoms with Gasteiger partial charge in [0.25, 0.3) is 0 Å². The van der Waals surface area contributed by atoms with E-state index in [4.69, 9.17) is 0 Å². The fourth-order valence-corrected chi connectivity index (χ4v) is 2.54. The molecule has 2 rings (SSSR count). The van der Waals surface area contributed by atoms with Crippen LogP contribution < -0.4 is 10.6 Å². The molecule has 1 aromatic carbocycles. The fourth-order valence-electron chi connectivity index (χ4n) is 2.54. The van der Waals surface area contributed by atoms with E-state index in [2.05, 4.69) is 22.5 Å². The van der Waals surface area contributed by atoms with E-state index in [0.29, 0.717) is 6.54 Å². The second-order valence-corrected chi connectivity index (χ2v) is 6.02. The molecule has 3 N–H and O–H groups in total. The summed E-state index contributed by atoms with van der Waals surface area (Å²) < 4.78 is 0. The van der Waals surface area contributed by atoms with E-state index in [-0.39, 0.29) is 12.5 Å². The van der Waals surface area contributed by atoms with Gasteiger partial charge in [-0.05, 0) is 31.2 Å². The molecule has 4 nitrogen and oxygen atoms in total. The van der Waals surface area contributed by atoms with E-state index in [9.17, 15) is 5.11 Å². The van der Waals surface area contributed by atoms with Gasteiger partial charge in [0, 0.05) is 19.0 Å². The number of aliphatic imine (C=N–C) groups is 1. The average Bonchev–Trinajstić information content (AvgIpc) is 3.37. The molecule has 1 unspecified atom stereocenters. The number of guanidine groups is 1. The minimum absolute atomic E-state index is 0.0584. The lowest BCUT2D eigenvalue weighted by molar-refractivity contribution is 0.268. The van der Waals surface area contributed by atoms with Crippen molar-refractivity contribution in [2.24, 2.45) is 10.9 Å². The largest absolute Gasteiger partial charge is 0.396 e. The zero-order valence-corrected chi connectivity index (χ0v) is 13.6. The normalized spacial score (nSPS) is 16.4. The Morgan fingerprint density at radius 3 is 2.68 bits per heavy atom. The summed E-state index contributed by atoms with van der Waals surface area (Å²) in [5, 5.41) is 16.3. The Morgan fingerprint density at radius 2 is 2.05 bits per heavy atom. The van der Waals surface area contributed by atoms with Crippen LogP contribution in [-0.2, 0) is 0 Å². The highest BCUT2D eigenvalue weighted by atomic mass is 16.3. The van der Waals surface area contributed by atoms with Gasteiger partial charge in [0.2, 0.25) is 0 Å². The van der Waals surface area contributed by atoms with Crippen molar-refractivity contribution in [3.05, 3.63) is 35.9 Å². The topological polar surface area (TPSA) is 56.7 Å². The van der Waals surface area contributed by atoms with Gasteiger partial charge in [0.1, 0.15) is 0 Å². The molecule has 4 heteroatoms. The van der Waals surface area contributed by atoms with E-state index < -0.39 is 0 Å². The molecule has 0 saturated heterocycles. The molecule has 1 atom stereocenters. The maximum atomic E-state index is 9.59. The monoisotopic (exact) mass is 303 g/mol. The summed E-state index contributed by atoms with van der Waals surface area (Å²) in [4.78, 5) is 4.63. The Hall–Kier alpha value is -1.55. The molecule has 0 bridgehead atoms. The van der Waals surface area contributed by atoms with Crippen LogP contribution in [0.4, 0.5) is 0 Å². The van der Waals surface area contributed by atoms with Crippen LogP contribution in [0.1, 0.15) is 44.1 Å². The van der Waals surface area contributed by atoms with E-state index in [1.807, 2.05) is 30.3 Å². The quantitative estimate of drug-likeness (QED) is 0.373. The van der Waals surface area contributed by atoms with Gasteiger partial charge in [-0.25, -0.2) is 0 Å². The van der Waals surface area contributed by atoms with Gasteiger partial charge in [-0.15, -0.1) is 0 Å². The molecule has 1 aromatic rings. The first-order chi connectivity index (χ1) is 10.8. The molecule has 1 aliphatic rings. The van der Waals surface area contributed by atoms with Crippen LogP contribution in [0, 0.1) is 5.92 Å².